The number of rotatable bonds is 5. The normalized spacial score (nSPS) is 28.6. The predicted octanol–water partition coefficient (Wildman–Crippen LogP) is -1.99. The van der Waals surface area contributed by atoms with Crippen LogP contribution in [0, 0.1) is 0 Å². The lowest BCUT2D eigenvalue weighted by atomic mass is 10.1. The summed E-state index contributed by atoms with van der Waals surface area (Å²) in [5, 5.41) is 19.8. The van der Waals surface area contributed by atoms with E-state index in [0.717, 1.165) is 10.8 Å². The molecule has 10 nitrogen and oxygen atoms in total. The Kier molecular flexibility index (Phi) is 5.14. The minimum atomic E-state index is -2.40. The van der Waals surface area contributed by atoms with Crippen molar-refractivity contribution in [2.24, 2.45) is 0 Å². The molecule has 3 N–H and O–H groups in total. The van der Waals surface area contributed by atoms with Crippen LogP contribution in [0.15, 0.2) is 15.8 Å². The van der Waals surface area contributed by atoms with Gasteiger partial charge < -0.3 is 19.7 Å². The second kappa shape index (κ2) is 6.72. The van der Waals surface area contributed by atoms with Crippen molar-refractivity contribution in [2.45, 2.75) is 24.5 Å². The molecule has 12 heteroatoms. The van der Waals surface area contributed by atoms with Crippen LogP contribution in [0.2, 0.25) is 0 Å². The molecule has 0 bridgehead atoms. The largest absolute Gasteiger partial charge is 0.554 e. The van der Waals surface area contributed by atoms with Crippen LogP contribution in [0.5, 0.6) is 5.75 Å². The van der Waals surface area contributed by atoms with Crippen molar-refractivity contribution in [1.82, 2.24) is 9.55 Å². The lowest BCUT2D eigenvalue weighted by Crippen LogP contribution is -2.38. The molecule has 2 unspecified atom stereocenters. The van der Waals surface area contributed by atoms with Crippen LogP contribution in [0.4, 0.5) is 0 Å². The standard InChI is InChI=1S/C10H13BN2O8P/c1-19-4-2-13(10(17)12-8(4)16)9-7(15)6(14)5(21-9)3-20-22(11)18/h2,5-7,9,14-15H,3H2,1H3,(H,12,16,17)/q+1/t5-,6?,7+,9-/m1/s1. The van der Waals surface area contributed by atoms with Crippen LogP contribution < -0.4 is 16.0 Å². The van der Waals surface area contributed by atoms with Crippen molar-refractivity contribution in [3.05, 3.63) is 27.0 Å². The van der Waals surface area contributed by atoms with Crippen LogP contribution in [0.25, 0.3) is 0 Å². The van der Waals surface area contributed by atoms with E-state index in [1.54, 1.807) is 0 Å². The fraction of sp³-hybridized carbons (Fsp3) is 0.600. The Balaban J connectivity index is 2.28. The summed E-state index contributed by atoms with van der Waals surface area (Å²) >= 11 is 0. The Hall–Kier alpha value is -1.52. The Bertz CT molecular complexity index is 676. The van der Waals surface area contributed by atoms with E-state index in [2.05, 4.69) is 4.52 Å². The van der Waals surface area contributed by atoms with E-state index in [9.17, 15) is 24.4 Å². The van der Waals surface area contributed by atoms with E-state index in [0.29, 0.717) is 0 Å². The number of nitrogens with one attached hydrogen (secondary N) is 1. The number of hydrogen-bond acceptors (Lipinski definition) is 8. The number of ether oxygens (including phenoxy) is 2. The van der Waals surface area contributed by atoms with Gasteiger partial charge in [0, 0.05) is 0 Å². The zero-order valence-electron chi connectivity index (χ0n) is 11.4. The van der Waals surface area contributed by atoms with E-state index < -0.39 is 43.7 Å². The van der Waals surface area contributed by atoms with Crippen LogP contribution in [-0.4, -0.2) is 59.4 Å². The van der Waals surface area contributed by atoms with E-state index in [1.807, 2.05) is 4.98 Å². The molecule has 118 valence electrons. The maximum atomic E-state index is 11.8. The molecule has 1 saturated heterocycles. The van der Waals surface area contributed by atoms with Crippen molar-refractivity contribution in [2.75, 3.05) is 13.7 Å². The molecule has 0 saturated carbocycles. The molecule has 2 heterocycles. The lowest BCUT2D eigenvalue weighted by molar-refractivity contribution is -0.0508. The molecule has 5 atom stereocenters. The van der Waals surface area contributed by atoms with Gasteiger partial charge in [0.05, 0.1) is 13.3 Å². The molecule has 0 aromatic carbocycles. The summed E-state index contributed by atoms with van der Waals surface area (Å²) in [6, 6.07) is 0. The smallest absolute Gasteiger partial charge is 0.490 e. The zero-order chi connectivity index (χ0) is 16.4. The van der Waals surface area contributed by atoms with E-state index in [4.69, 9.17) is 17.0 Å². The third-order valence-corrected chi connectivity index (χ3v) is 3.54. The molecule has 0 amide bonds. The van der Waals surface area contributed by atoms with Gasteiger partial charge in [-0.15, -0.1) is 0 Å². The number of aliphatic hydroxyl groups is 2. The second-order valence-corrected chi connectivity index (χ2v) is 5.32. The van der Waals surface area contributed by atoms with Gasteiger partial charge in [-0.3, -0.25) is 14.3 Å². The van der Waals surface area contributed by atoms with Gasteiger partial charge in [-0.1, -0.05) is 4.57 Å². The van der Waals surface area contributed by atoms with E-state index >= 15 is 0 Å². The number of aromatic amines is 1. The number of aliphatic hydroxyl groups excluding tert-OH is 2. The molecule has 2 radical (unpaired) electrons. The third kappa shape index (κ3) is 3.28. The molecule has 1 aliphatic rings. The van der Waals surface area contributed by atoms with Crippen molar-refractivity contribution in [3.63, 3.8) is 0 Å². The quantitative estimate of drug-likeness (QED) is 0.416. The van der Waals surface area contributed by atoms with Crippen molar-refractivity contribution in [1.29, 1.82) is 0 Å². The fourth-order valence-electron chi connectivity index (χ4n) is 2.04. The summed E-state index contributed by atoms with van der Waals surface area (Å²) in [6.45, 7) is -0.338. The van der Waals surface area contributed by atoms with Crippen LogP contribution in [-0.2, 0) is 13.8 Å². The molecular formula is C10H13BN2O8P+. The van der Waals surface area contributed by atoms with Gasteiger partial charge in [-0.05, 0) is 0 Å². The maximum absolute atomic E-state index is 11.8. The highest BCUT2D eigenvalue weighted by atomic mass is 31.1. The molecule has 1 aromatic heterocycles. The number of H-pyrrole nitrogens is 1. The summed E-state index contributed by atoms with van der Waals surface area (Å²) in [4.78, 5) is 25.2. The number of nitrogens with zero attached hydrogens (tertiary/aromatic N) is 1. The van der Waals surface area contributed by atoms with Gasteiger partial charge in [0.2, 0.25) is 5.75 Å². The molecule has 0 spiro atoms. The highest BCUT2D eigenvalue weighted by Crippen LogP contribution is 2.30. The summed E-state index contributed by atoms with van der Waals surface area (Å²) < 4.78 is 26.3. The highest BCUT2D eigenvalue weighted by Gasteiger charge is 2.45. The van der Waals surface area contributed by atoms with Crippen LogP contribution >= 0.6 is 7.91 Å². The first-order valence-corrected chi connectivity index (χ1v) is 7.35. The molecule has 1 aromatic rings. The third-order valence-electron chi connectivity index (χ3n) is 3.13. The van der Waals surface area contributed by atoms with Gasteiger partial charge in [-0.25, -0.2) is 4.79 Å². The summed E-state index contributed by atoms with van der Waals surface area (Å²) in [5.41, 5.74) is -1.59. The Morgan fingerprint density at radius 2 is 2.14 bits per heavy atom. The van der Waals surface area contributed by atoms with Gasteiger partial charge in [0.15, 0.2) is 6.23 Å². The predicted molar refractivity (Wildman–Crippen MR) is 73.1 cm³/mol. The molecule has 1 aliphatic heterocycles. The Morgan fingerprint density at radius 1 is 1.45 bits per heavy atom. The van der Waals surface area contributed by atoms with Crippen molar-refractivity contribution in [3.8, 4) is 5.75 Å². The summed E-state index contributed by atoms with van der Waals surface area (Å²) in [5.74, 6) is -0.172. The molecule has 22 heavy (non-hydrogen) atoms. The topological polar surface area (TPSA) is 140 Å². The van der Waals surface area contributed by atoms with Gasteiger partial charge >= 0.3 is 21.2 Å². The van der Waals surface area contributed by atoms with Gasteiger partial charge in [0.25, 0.3) is 5.56 Å². The summed E-state index contributed by atoms with van der Waals surface area (Å²) in [6.07, 6.45) is -4.15. The highest BCUT2D eigenvalue weighted by molar-refractivity contribution is 7.67. The molecule has 1 fully saturated rings. The first-order valence-electron chi connectivity index (χ1n) is 6.11. The molecule has 0 aliphatic carbocycles. The fourth-order valence-corrected chi connectivity index (χ4v) is 2.34. The SMILES string of the molecule is [B][P+](=O)OC[C@H]1O[C@@H](n2cc(OC)c(=O)[nH]c2=O)[C@@H](O)C1O. The minimum Gasteiger partial charge on any atom is -0.490 e. The first kappa shape index (κ1) is 16.8. The summed E-state index contributed by atoms with van der Waals surface area (Å²) in [7, 11) is 3.79. The Morgan fingerprint density at radius 3 is 2.73 bits per heavy atom. The second-order valence-electron chi connectivity index (χ2n) is 4.49. The number of aromatic nitrogens is 2. The monoisotopic (exact) mass is 331 g/mol. The molecule has 2 rings (SSSR count). The zero-order valence-corrected chi connectivity index (χ0v) is 12.3. The Labute approximate surface area is 125 Å². The van der Waals surface area contributed by atoms with E-state index in [1.165, 1.54) is 7.11 Å². The van der Waals surface area contributed by atoms with E-state index in [-0.39, 0.29) is 12.4 Å². The van der Waals surface area contributed by atoms with Crippen molar-refractivity contribution < 1.29 is 28.8 Å². The average Bonchev–Trinajstić information content (AvgIpc) is 2.73. The van der Waals surface area contributed by atoms with Gasteiger partial charge in [0.1, 0.15) is 24.9 Å². The molecular weight excluding hydrogens is 318 g/mol. The number of methoxy groups -OCH3 is 1. The van der Waals surface area contributed by atoms with Crippen LogP contribution in [0.3, 0.4) is 0 Å². The van der Waals surface area contributed by atoms with Gasteiger partial charge in [-0.2, -0.15) is 4.52 Å². The lowest BCUT2D eigenvalue weighted by Gasteiger charge is -2.17. The van der Waals surface area contributed by atoms with Crippen LogP contribution in [0.1, 0.15) is 6.23 Å². The number of hydrogen-bond donors (Lipinski definition) is 3. The first-order chi connectivity index (χ1) is 10.3. The van der Waals surface area contributed by atoms with Crippen molar-refractivity contribution >= 4 is 15.5 Å². The minimum absolute atomic E-state index is 0.172. The average molecular weight is 331 g/mol. The maximum Gasteiger partial charge on any atom is 0.554 e.